The summed E-state index contributed by atoms with van der Waals surface area (Å²) < 4.78 is 0. The van der Waals surface area contributed by atoms with E-state index in [1.807, 2.05) is 32.0 Å². The highest BCUT2D eigenvalue weighted by atomic mass is 16.4. The number of aryl methyl sites for hydroxylation is 2. The monoisotopic (exact) mass is 362 g/mol. The minimum Gasteiger partial charge on any atom is -0.477 e. The third-order valence-corrected chi connectivity index (χ3v) is 4.15. The number of H-pyrrole nitrogens is 1. The number of carboxylic acid groups (broad SMARTS) is 2. The predicted molar refractivity (Wildman–Crippen MR) is 102 cm³/mol. The van der Waals surface area contributed by atoms with Crippen LogP contribution in [0.15, 0.2) is 54.1 Å². The van der Waals surface area contributed by atoms with Crippen molar-refractivity contribution in [1.29, 1.82) is 0 Å². The quantitative estimate of drug-likeness (QED) is 0.363. The lowest BCUT2D eigenvalue weighted by molar-refractivity contribution is -0.140. The van der Waals surface area contributed by atoms with Crippen LogP contribution in [0.25, 0.3) is 28.6 Å². The zero-order valence-electron chi connectivity index (χ0n) is 14.9. The summed E-state index contributed by atoms with van der Waals surface area (Å²) in [6.45, 7) is 4.00. The van der Waals surface area contributed by atoms with Gasteiger partial charge in [0, 0.05) is 22.5 Å². The standard InChI is InChI=1S/C21H18N2O4/c1-12-10-16(13(2)22-12)19-5-3-4-18(23-19)15-8-6-14(7-9-15)11-17(20(24)25)21(26)27/h3-11,22H,1-2H3,(H,24,25)(H,26,27). The van der Waals surface area contributed by atoms with E-state index in [2.05, 4.69) is 11.1 Å². The van der Waals surface area contributed by atoms with Crippen LogP contribution in [0.1, 0.15) is 17.0 Å². The molecule has 0 bridgehead atoms. The molecule has 3 aromatic rings. The van der Waals surface area contributed by atoms with Crippen molar-refractivity contribution >= 4 is 18.0 Å². The molecule has 0 fully saturated rings. The van der Waals surface area contributed by atoms with Crippen LogP contribution in [0.4, 0.5) is 0 Å². The molecule has 3 N–H and O–H groups in total. The smallest absolute Gasteiger partial charge is 0.343 e. The van der Waals surface area contributed by atoms with E-state index in [1.54, 1.807) is 24.3 Å². The summed E-state index contributed by atoms with van der Waals surface area (Å²) in [6.07, 6.45) is 1.13. The van der Waals surface area contributed by atoms with Gasteiger partial charge in [0.05, 0.1) is 11.4 Å². The molecule has 6 nitrogen and oxygen atoms in total. The van der Waals surface area contributed by atoms with Crippen LogP contribution in [-0.4, -0.2) is 32.1 Å². The Morgan fingerprint density at radius 2 is 1.59 bits per heavy atom. The lowest BCUT2D eigenvalue weighted by Gasteiger charge is -2.05. The van der Waals surface area contributed by atoms with Gasteiger partial charge in [-0.1, -0.05) is 30.3 Å². The van der Waals surface area contributed by atoms with Gasteiger partial charge < -0.3 is 15.2 Å². The number of benzene rings is 1. The van der Waals surface area contributed by atoms with Gasteiger partial charge in [0.25, 0.3) is 0 Å². The van der Waals surface area contributed by atoms with Crippen molar-refractivity contribution in [3.63, 3.8) is 0 Å². The molecule has 6 heteroatoms. The first kappa shape index (κ1) is 18.1. The number of carbonyl (C=O) groups is 2. The van der Waals surface area contributed by atoms with Crippen molar-refractivity contribution in [1.82, 2.24) is 9.97 Å². The summed E-state index contributed by atoms with van der Waals surface area (Å²) in [6, 6.07) is 14.7. The number of aliphatic carboxylic acids is 2. The average Bonchev–Trinajstić information content (AvgIpc) is 2.98. The van der Waals surface area contributed by atoms with Crippen molar-refractivity contribution in [2.75, 3.05) is 0 Å². The van der Waals surface area contributed by atoms with Crippen LogP contribution >= 0.6 is 0 Å². The second-order valence-electron chi connectivity index (χ2n) is 6.19. The van der Waals surface area contributed by atoms with E-state index in [-0.39, 0.29) is 0 Å². The summed E-state index contributed by atoms with van der Waals surface area (Å²) >= 11 is 0. The first-order valence-corrected chi connectivity index (χ1v) is 8.27. The fourth-order valence-corrected chi connectivity index (χ4v) is 2.87. The number of aromatic amines is 1. The Kier molecular flexibility index (Phi) is 4.90. The molecule has 0 unspecified atom stereocenters. The maximum atomic E-state index is 11.0. The molecule has 3 rings (SSSR count). The summed E-state index contributed by atoms with van der Waals surface area (Å²) in [5, 5.41) is 17.9. The van der Waals surface area contributed by atoms with E-state index in [0.717, 1.165) is 40.0 Å². The highest BCUT2D eigenvalue weighted by Gasteiger charge is 2.15. The Labute approximate surface area is 155 Å². The van der Waals surface area contributed by atoms with Gasteiger partial charge in [0.2, 0.25) is 0 Å². The third-order valence-electron chi connectivity index (χ3n) is 4.15. The van der Waals surface area contributed by atoms with Crippen molar-refractivity contribution in [3.05, 3.63) is 71.1 Å². The van der Waals surface area contributed by atoms with Crippen LogP contribution in [0.3, 0.4) is 0 Å². The first-order chi connectivity index (χ1) is 12.8. The first-order valence-electron chi connectivity index (χ1n) is 8.27. The van der Waals surface area contributed by atoms with Crippen molar-refractivity contribution in [2.45, 2.75) is 13.8 Å². The number of pyridine rings is 1. The lowest BCUT2D eigenvalue weighted by Crippen LogP contribution is -2.10. The molecule has 27 heavy (non-hydrogen) atoms. The van der Waals surface area contributed by atoms with E-state index in [4.69, 9.17) is 15.2 Å². The van der Waals surface area contributed by atoms with E-state index < -0.39 is 17.5 Å². The largest absolute Gasteiger partial charge is 0.477 e. The van der Waals surface area contributed by atoms with Gasteiger partial charge >= 0.3 is 11.9 Å². The molecule has 0 aliphatic heterocycles. The second-order valence-corrected chi connectivity index (χ2v) is 6.19. The van der Waals surface area contributed by atoms with E-state index in [9.17, 15) is 9.59 Å². The molecule has 0 atom stereocenters. The molecule has 0 saturated carbocycles. The number of carboxylic acids is 2. The van der Waals surface area contributed by atoms with Crippen LogP contribution < -0.4 is 0 Å². The normalized spacial score (nSPS) is 10.4. The molecule has 0 aliphatic carbocycles. The van der Waals surface area contributed by atoms with E-state index in [1.165, 1.54) is 0 Å². The Morgan fingerprint density at radius 1 is 0.963 bits per heavy atom. The fraction of sp³-hybridized carbons (Fsp3) is 0.0952. The van der Waals surface area contributed by atoms with Crippen molar-refractivity contribution < 1.29 is 19.8 Å². The molecule has 136 valence electrons. The van der Waals surface area contributed by atoms with Gasteiger partial charge in [-0.3, -0.25) is 0 Å². The van der Waals surface area contributed by atoms with E-state index in [0.29, 0.717) is 5.56 Å². The minimum atomic E-state index is -1.47. The average molecular weight is 362 g/mol. The van der Waals surface area contributed by atoms with Crippen LogP contribution in [0.5, 0.6) is 0 Å². The zero-order chi connectivity index (χ0) is 19.6. The molecule has 2 aromatic heterocycles. The second kappa shape index (κ2) is 7.29. The molecule has 0 amide bonds. The Hall–Kier alpha value is -3.67. The highest BCUT2D eigenvalue weighted by Crippen LogP contribution is 2.26. The van der Waals surface area contributed by atoms with E-state index >= 15 is 0 Å². The highest BCUT2D eigenvalue weighted by molar-refractivity contribution is 6.16. The fourth-order valence-electron chi connectivity index (χ4n) is 2.87. The zero-order valence-corrected chi connectivity index (χ0v) is 14.9. The maximum absolute atomic E-state index is 11.0. The van der Waals surface area contributed by atoms with Crippen LogP contribution in [0.2, 0.25) is 0 Å². The number of hydrogen-bond acceptors (Lipinski definition) is 3. The number of rotatable bonds is 5. The van der Waals surface area contributed by atoms with Gasteiger partial charge in [-0.2, -0.15) is 0 Å². The topological polar surface area (TPSA) is 103 Å². The van der Waals surface area contributed by atoms with Crippen LogP contribution in [0, 0.1) is 13.8 Å². The molecule has 0 radical (unpaired) electrons. The molecule has 1 aromatic carbocycles. The number of hydrogen-bond donors (Lipinski definition) is 3. The maximum Gasteiger partial charge on any atom is 0.343 e. The third kappa shape index (κ3) is 3.95. The predicted octanol–water partition coefficient (Wildman–Crippen LogP) is 3.91. The lowest BCUT2D eigenvalue weighted by atomic mass is 10.1. The van der Waals surface area contributed by atoms with Gasteiger partial charge in [-0.25, -0.2) is 14.6 Å². The van der Waals surface area contributed by atoms with Gasteiger partial charge in [-0.05, 0) is 43.7 Å². The number of aromatic nitrogens is 2. The summed E-state index contributed by atoms with van der Waals surface area (Å²) in [4.78, 5) is 29.9. The van der Waals surface area contributed by atoms with Gasteiger partial charge in [0.15, 0.2) is 0 Å². The minimum absolute atomic E-state index is 0.492. The Morgan fingerprint density at radius 3 is 2.15 bits per heavy atom. The molecule has 0 saturated heterocycles. The Bertz CT molecular complexity index is 1030. The van der Waals surface area contributed by atoms with Gasteiger partial charge in [0.1, 0.15) is 5.57 Å². The van der Waals surface area contributed by atoms with Crippen molar-refractivity contribution in [2.24, 2.45) is 0 Å². The number of nitrogens with one attached hydrogen (secondary N) is 1. The molecular weight excluding hydrogens is 344 g/mol. The SMILES string of the molecule is Cc1cc(-c2cccc(-c3ccc(C=C(C(=O)O)C(=O)O)cc3)n2)c(C)[nH]1. The molecule has 0 spiro atoms. The Balaban J connectivity index is 1.93. The van der Waals surface area contributed by atoms with Crippen molar-refractivity contribution in [3.8, 4) is 22.5 Å². The van der Waals surface area contributed by atoms with Gasteiger partial charge in [-0.15, -0.1) is 0 Å². The molecular formula is C21H18N2O4. The summed E-state index contributed by atoms with van der Waals surface area (Å²) in [5.74, 6) is -2.95. The summed E-state index contributed by atoms with van der Waals surface area (Å²) in [7, 11) is 0. The molecule has 2 heterocycles. The van der Waals surface area contributed by atoms with Crippen LogP contribution in [-0.2, 0) is 9.59 Å². The summed E-state index contributed by atoms with van der Waals surface area (Å²) in [5.41, 5.74) is 5.46. The molecule has 0 aliphatic rings. The number of nitrogens with zero attached hydrogens (tertiary/aromatic N) is 1.